The van der Waals surface area contributed by atoms with E-state index in [0.29, 0.717) is 5.75 Å². The first kappa shape index (κ1) is 17.0. The Bertz CT molecular complexity index is 754. The molecule has 0 saturated heterocycles. The van der Waals surface area contributed by atoms with Crippen LogP contribution in [0.3, 0.4) is 0 Å². The summed E-state index contributed by atoms with van der Waals surface area (Å²) in [6, 6.07) is 16.8. The van der Waals surface area contributed by atoms with Gasteiger partial charge in [-0.3, -0.25) is 0 Å². The molecule has 1 aliphatic heterocycles. The second kappa shape index (κ2) is 7.81. The quantitative estimate of drug-likeness (QED) is 0.871. The van der Waals surface area contributed by atoms with Gasteiger partial charge in [0.15, 0.2) is 0 Å². The average molecular weight is 350 g/mol. The van der Waals surface area contributed by atoms with Gasteiger partial charge in [0.2, 0.25) is 0 Å². The third-order valence-corrected chi connectivity index (χ3v) is 5.40. The van der Waals surface area contributed by atoms with Crippen LogP contribution in [0.1, 0.15) is 43.2 Å². The van der Waals surface area contributed by atoms with E-state index in [0.717, 1.165) is 32.4 Å². The Balaban J connectivity index is 1.37. The number of nitrogens with one attached hydrogen (secondary N) is 1. The van der Waals surface area contributed by atoms with Crippen molar-refractivity contribution in [3.05, 3.63) is 59.7 Å². The highest BCUT2D eigenvalue weighted by atomic mass is 16.6. The molecular formula is C22H26N2O2. The molecular weight excluding hydrogens is 324 g/mol. The zero-order chi connectivity index (χ0) is 17.8. The predicted molar refractivity (Wildman–Crippen MR) is 104 cm³/mol. The van der Waals surface area contributed by atoms with Crippen molar-refractivity contribution >= 4 is 11.8 Å². The molecule has 136 valence electrons. The number of anilines is 1. The van der Waals surface area contributed by atoms with Crippen LogP contribution >= 0.6 is 0 Å². The van der Waals surface area contributed by atoms with Crippen LogP contribution in [-0.4, -0.2) is 18.7 Å². The van der Waals surface area contributed by atoms with Crippen LogP contribution in [0.4, 0.5) is 10.5 Å². The summed E-state index contributed by atoms with van der Waals surface area (Å²) in [6.45, 7) is 1.91. The molecule has 1 heterocycles. The number of carbonyl (C=O) groups is 1. The summed E-state index contributed by atoms with van der Waals surface area (Å²) in [4.78, 5) is 14.5. The van der Waals surface area contributed by atoms with Crippen molar-refractivity contribution in [2.45, 2.75) is 51.1 Å². The average Bonchev–Trinajstić information content (AvgIpc) is 3.05. The van der Waals surface area contributed by atoms with Crippen molar-refractivity contribution in [2.75, 3.05) is 11.4 Å². The van der Waals surface area contributed by atoms with Gasteiger partial charge in [0.05, 0.1) is 0 Å². The minimum absolute atomic E-state index is 0.270. The van der Waals surface area contributed by atoms with Crippen LogP contribution < -0.4 is 15.0 Å². The molecule has 2 aromatic rings. The second-order valence-electron chi connectivity index (χ2n) is 7.32. The normalized spacial score (nSPS) is 17.0. The lowest BCUT2D eigenvalue weighted by Crippen LogP contribution is -2.38. The molecule has 1 amide bonds. The maximum absolute atomic E-state index is 12.1. The lowest BCUT2D eigenvalue weighted by Gasteiger charge is -2.22. The maximum Gasteiger partial charge on any atom is 0.412 e. The van der Waals surface area contributed by atoms with Gasteiger partial charge < -0.3 is 15.0 Å². The third-order valence-electron chi connectivity index (χ3n) is 5.40. The third kappa shape index (κ3) is 4.01. The van der Waals surface area contributed by atoms with Crippen molar-refractivity contribution in [3.63, 3.8) is 0 Å². The molecule has 0 aromatic heterocycles. The number of nitrogens with zero attached hydrogens (tertiary/aromatic N) is 1. The molecule has 0 spiro atoms. The molecule has 1 fully saturated rings. The fraction of sp³-hybridized carbons (Fsp3) is 0.409. The first-order valence-electron chi connectivity index (χ1n) is 9.68. The fourth-order valence-corrected chi connectivity index (χ4v) is 4.03. The summed E-state index contributed by atoms with van der Waals surface area (Å²) in [5.41, 5.74) is 3.81. The van der Waals surface area contributed by atoms with Gasteiger partial charge in [0.25, 0.3) is 0 Å². The van der Waals surface area contributed by atoms with Crippen LogP contribution in [0.25, 0.3) is 0 Å². The van der Waals surface area contributed by atoms with Crippen LogP contribution in [0.15, 0.2) is 48.5 Å². The van der Waals surface area contributed by atoms with Crippen molar-refractivity contribution in [1.29, 1.82) is 0 Å². The van der Waals surface area contributed by atoms with Crippen LogP contribution in [-0.2, 0) is 13.0 Å². The topological polar surface area (TPSA) is 41.6 Å². The van der Waals surface area contributed by atoms with Crippen LogP contribution in [0, 0.1) is 0 Å². The van der Waals surface area contributed by atoms with Crippen LogP contribution in [0.5, 0.6) is 5.75 Å². The van der Waals surface area contributed by atoms with Gasteiger partial charge in [-0.1, -0.05) is 49.6 Å². The van der Waals surface area contributed by atoms with E-state index in [1.807, 2.05) is 18.2 Å². The largest absolute Gasteiger partial charge is 0.412 e. The van der Waals surface area contributed by atoms with E-state index >= 15 is 0 Å². The lowest BCUT2D eigenvalue weighted by molar-refractivity contribution is 0.192. The van der Waals surface area contributed by atoms with Gasteiger partial charge in [-0.15, -0.1) is 0 Å². The van der Waals surface area contributed by atoms with Gasteiger partial charge in [0, 0.05) is 24.8 Å². The molecule has 26 heavy (non-hydrogen) atoms. The predicted octanol–water partition coefficient (Wildman–Crippen LogP) is 4.67. The first-order chi connectivity index (χ1) is 12.8. The Labute approximate surface area is 155 Å². The van der Waals surface area contributed by atoms with Gasteiger partial charge in [-0.05, 0) is 48.6 Å². The lowest BCUT2D eigenvalue weighted by atomic mass is 9.96. The van der Waals surface area contributed by atoms with E-state index in [9.17, 15) is 4.79 Å². The molecule has 0 unspecified atom stereocenters. The number of hydrogen-bond donors (Lipinski definition) is 1. The molecule has 2 aromatic carbocycles. The molecule has 4 heteroatoms. The Morgan fingerprint density at radius 2 is 1.88 bits per heavy atom. The van der Waals surface area contributed by atoms with Crippen molar-refractivity contribution < 1.29 is 9.53 Å². The van der Waals surface area contributed by atoms with Crippen molar-refractivity contribution in [1.82, 2.24) is 5.32 Å². The van der Waals surface area contributed by atoms with Gasteiger partial charge >= 0.3 is 6.09 Å². The standard InChI is InChI=1S/C22H26N2O2/c25-22(23-19-9-5-2-6-10-19)26-20-11-12-21-18(15-20)13-14-24(21)16-17-7-3-1-4-8-17/h1,3-4,7-8,11-12,15,19H,2,5-6,9-10,13-14,16H2,(H,23,25). The fourth-order valence-electron chi connectivity index (χ4n) is 4.03. The highest BCUT2D eigenvalue weighted by Gasteiger charge is 2.21. The molecule has 0 radical (unpaired) electrons. The number of fused-ring (bicyclic) bond motifs is 1. The van der Waals surface area contributed by atoms with Crippen LogP contribution in [0.2, 0.25) is 0 Å². The molecule has 1 saturated carbocycles. The summed E-state index contributed by atoms with van der Waals surface area (Å²) in [7, 11) is 0. The molecule has 2 aliphatic rings. The van der Waals surface area contributed by atoms with E-state index < -0.39 is 0 Å². The number of benzene rings is 2. The number of hydrogen-bond acceptors (Lipinski definition) is 3. The number of ether oxygens (including phenoxy) is 1. The Morgan fingerprint density at radius 1 is 1.08 bits per heavy atom. The molecule has 0 atom stereocenters. The minimum Gasteiger partial charge on any atom is -0.410 e. The number of carbonyl (C=O) groups excluding carboxylic acids is 1. The maximum atomic E-state index is 12.1. The summed E-state index contributed by atoms with van der Waals surface area (Å²) in [6.07, 6.45) is 6.46. The zero-order valence-electron chi connectivity index (χ0n) is 15.1. The Kier molecular flexibility index (Phi) is 5.09. The van der Waals surface area contributed by atoms with Gasteiger partial charge in [-0.25, -0.2) is 4.79 Å². The Hall–Kier alpha value is -2.49. The first-order valence-corrected chi connectivity index (χ1v) is 9.68. The summed E-state index contributed by atoms with van der Waals surface area (Å²) < 4.78 is 5.53. The van der Waals surface area contributed by atoms with Crippen molar-refractivity contribution in [2.24, 2.45) is 0 Å². The molecule has 4 rings (SSSR count). The second-order valence-corrected chi connectivity index (χ2v) is 7.32. The summed E-state index contributed by atoms with van der Waals surface area (Å²) >= 11 is 0. The smallest absolute Gasteiger partial charge is 0.410 e. The van der Waals surface area contributed by atoms with E-state index in [2.05, 4.69) is 40.5 Å². The number of rotatable bonds is 4. The van der Waals surface area contributed by atoms with E-state index in [4.69, 9.17) is 4.74 Å². The monoisotopic (exact) mass is 350 g/mol. The Morgan fingerprint density at radius 3 is 2.69 bits per heavy atom. The summed E-state index contributed by atoms with van der Waals surface area (Å²) in [5, 5.41) is 3.00. The summed E-state index contributed by atoms with van der Waals surface area (Å²) in [5.74, 6) is 0.638. The van der Waals surface area contributed by atoms with E-state index in [-0.39, 0.29) is 12.1 Å². The highest BCUT2D eigenvalue weighted by molar-refractivity contribution is 5.71. The van der Waals surface area contributed by atoms with E-state index in [1.165, 1.54) is 36.1 Å². The number of amides is 1. The highest BCUT2D eigenvalue weighted by Crippen LogP contribution is 2.32. The molecule has 0 bridgehead atoms. The van der Waals surface area contributed by atoms with Gasteiger partial charge in [-0.2, -0.15) is 0 Å². The molecule has 1 aliphatic carbocycles. The zero-order valence-corrected chi connectivity index (χ0v) is 15.1. The molecule has 4 nitrogen and oxygen atoms in total. The SMILES string of the molecule is O=C(NC1CCCCC1)Oc1ccc2c(c1)CCN2Cc1ccccc1. The molecule has 1 N–H and O–H groups in total. The minimum atomic E-state index is -0.323. The van der Waals surface area contributed by atoms with Crippen molar-refractivity contribution in [3.8, 4) is 5.75 Å². The van der Waals surface area contributed by atoms with Gasteiger partial charge in [0.1, 0.15) is 5.75 Å². The van der Waals surface area contributed by atoms with E-state index in [1.54, 1.807) is 0 Å².